The van der Waals surface area contributed by atoms with Crippen molar-refractivity contribution in [3.8, 4) is 0 Å². The van der Waals surface area contributed by atoms with E-state index in [-0.39, 0.29) is 42.4 Å². The smallest absolute Gasteiger partial charge is 0.772 e. The largest absolute Gasteiger partial charge is 1.00 e. The van der Waals surface area contributed by atoms with Gasteiger partial charge in [0.2, 0.25) is 0 Å². The maximum atomic E-state index is 12.0. The second-order valence-electron chi connectivity index (χ2n) is 2.58. The van der Waals surface area contributed by atoms with Gasteiger partial charge in [0.15, 0.2) is 0 Å². The van der Waals surface area contributed by atoms with E-state index < -0.39 is 22.0 Å². The molecule has 0 amide bonds. The van der Waals surface area contributed by atoms with Gasteiger partial charge in [-0.05, 0) is 30.3 Å². The molecule has 2 nitrogen and oxygen atoms in total. The first kappa shape index (κ1) is 12.9. The molecule has 7 heteroatoms. The predicted octanol–water partition coefficient (Wildman–Crippen LogP) is -1.65. The molecule has 12 heavy (non-hydrogen) atoms. The summed E-state index contributed by atoms with van der Waals surface area (Å²) in [4.78, 5) is 0. The van der Waals surface area contributed by atoms with Gasteiger partial charge in [-0.3, -0.25) is 4.21 Å². The van der Waals surface area contributed by atoms with Gasteiger partial charge < -0.3 is 4.55 Å². The molecule has 0 radical (unpaired) electrons. The van der Waals surface area contributed by atoms with E-state index in [9.17, 15) is 21.9 Å². The van der Waals surface area contributed by atoms with Gasteiger partial charge in [-0.15, -0.1) is 0 Å². The van der Waals surface area contributed by atoms with Crippen LogP contribution >= 0.6 is 0 Å². The summed E-state index contributed by atoms with van der Waals surface area (Å²) in [6, 6.07) is 0. The van der Waals surface area contributed by atoms with Crippen molar-refractivity contribution >= 4 is 11.1 Å². The number of hydrogen-bond acceptors (Lipinski definition) is 2. The van der Waals surface area contributed by atoms with Crippen molar-refractivity contribution in [1.29, 1.82) is 0 Å². The molecule has 66 valence electrons. The first-order chi connectivity index (χ1) is 4.90. The fourth-order valence-electron chi connectivity index (χ4n) is 1.04. The number of hydrogen-bond donors (Lipinski definition) is 0. The van der Waals surface area contributed by atoms with Crippen molar-refractivity contribution in [2.75, 3.05) is 0 Å². The van der Waals surface area contributed by atoms with E-state index in [0.717, 1.165) is 0 Å². The molecule has 0 bridgehead atoms. The Labute approximate surface area is 92.5 Å². The summed E-state index contributed by atoms with van der Waals surface area (Å²) in [6.07, 6.45) is -4.83. The summed E-state index contributed by atoms with van der Waals surface area (Å²) in [5.41, 5.74) is 0. The Hall–Kier alpha value is 0.900. The third-order valence-corrected chi connectivity index (χ3v) is 3.27. The molecule has 0 N–H and O–H groups in total. The zero-order valence-corrected chi connectivity index (χ0v) is 9.30. The Bertz CT molecular complexity index is 190. The van der Waals surface area contributed by atoms with Crippen molar-refractivity contribution in [3.63, 3.8) is 0 Å². The molecule has 1 rings (SSSR count). The van der Waals surface area contributed by atoms with Crippen LogP contribution in [0.3, 0.4) is 0 Å². The summed E-state index contributed by atoms with van der Waals surface area (Å²) in [5, 5.41) is 0. The van der Waals surface area contributed by atoms with E-state index in [2.05, 4.69) is 0 Å². The van der Waals surface area contributed by atoms with E-state index >= 15 is 0 Å². The second-order valence-corrected chi connectivity index (χ2v) is 3.83. The Morgan fingerprint density at radius 2 is 1.75 bits per heavy atom. The van der Waals surface area contributed by atoms with Gasteiger partial charge in [-0.2, -0.15) is 13.2 Å². The Morgan fingerprint density at radius 1 is 1.33 bits per heavy atom. The molecule has 1 unspecified atom stereocenters. The van der Waals surface area contributed by atoms with Crippen molar-refractivity contribution < 1.29 is 51.5 Å². The zero-order valence-electron chi connectivity index (χ0n) is 6.48. The van der Waals surface area contributed by atoms with Crippen LogP contribution in [0.15, 0.2) is 0 Å². The molecule has 0 aliphatic heterocycles. The minimum absolute atomic E-state index is 0. The summed E-state index contributed by atoms with van der Waals surface area (Å²) in [7, 11) is 0. The molecule has 0 aromatic rings. The standard InChI is InChI=1S/C5H7F3O2S.Na/c6-5(7,8)4(11(9)10)2-1-3-4;/h1-3H2,(H,9,10);/q;+1/p-1. The summed E-state index contributed by atoms with van der Waals surface area (Å²) in [6.45, 7) is 0. The third kappa shape index (κ3) is 1.87. The van der Waals surface area contributed by atoms with Crippen LogP contribution in [0.25, 0.3) is 0 Å². The Morgan fingerprint density at radius 3 is 1.75 bits per heavy atom. The molecule has 0 aromatic heterocycles. The van der Waals surface area contributed by atoms with Gasteiger partial charge >= 0.3 is 35.7 Å². The average molecular weight is 210 g/mol. The molecular weight excluding hydrogens is 204 g/mol. The van der Waals surface area contributed by atoms with Crippen LogP contribution in [0.2, 0.25) is 0 Å². The molecular formula is C5H6F3NaO2S. The van der Waals surface area contributed by atoms with Crippen LogP contribution < -0.4 is 29.6 Å². The summed E-state index contributed by atoms with van der Waals surface area (Å²) < 4.78 is 54.1. The normalized spacial score (nSPS) is 23.7. The van der Waals surface area contributed by atoms with Gasteiger partial charge in [0.25, 0.3) is 0 Å². The van der Waals surface area contributed by atoms with Crippen molar-refractivity contribution in [2.24, 2.45) is 0 Å². The van der Waals surface area contributed by atoms with E-state index in [1.165, 1.54) is 0 Å². The molecule has 1 aliphatic carbocycles. The monoisotopic (exact) mass is 210 g/mol. The maximum absolute atomic E-state index is 12.0. The van der Waals surface area contributed by atoms with Gasteiger partial charge in [0.1, 0.15) is 4.75 Å². The molecule has 0 heterocycles. The minimum Gasteiger partial charge on any atom is -0.772 e. The quantitative estimate of drug-likeness (QED) is 0.384. The van der Waals surface area contributed by atoms with E-state index in [1.807, 2.05) is 0 Å². The predicted molar refractivity (Wildman–Crippen MR) is 31.6 cm³/mol. The van der Waals surface area contributed by atoms with E-state index in [1.54, 1.807) is 0 Å². The van der Waals surface area contributed by atoms with Crippen LogP contribution in [0, 0.1) is 0 Å². The first-order valence-corrected chi connectivity index (χ1v) is 4.14. The Balaban J connectivity index is 0.00000121. The van der Waals surface area contributed by atoms with Crippen molar-refractivity contribution in [3.05, 3.63) is 0 Å². The van der Waals surface area contributed by atoms with Crippen LogP contribution in [-0.2, 0) is 11.1 Å². The second kappa shape index (κ2) is 3.96. The summed E-state index contributed by atoms with van der Waals surface area (Å²) in [5.74, 6) is 0. The zero-order chi connectivity index (χ0) is 8.70. The first-order valence-electron chi connectivity index (χ1n) is 3.06. The minimum atomic E-state index is -4.60. The molecule has 0 spiro atoms. The van der Waals surface area contributed by atoms with Gasteiger partial charge in [-0.1, -0.05) is 0 Å². The van der Waals surface area contributed by atoms with Gasteiger partial charge in [-0.25, -0.2) is 0 Å². The molecule has 1 fully saturated rings. The fourth-order valence-corrected chi connectivity index (χ4v) is 1.85. The van der Waals surface area contributed by atoms with Gasteiger partial charge in [0.05, 0.1) is 0 Å². The van der Waals surface area contributed by atoms with Crippen LogP contribution in [0.4, 0.5) is 13.2 Å². The molecule has 1 saturated carbocycles. The van der Waals surface area contributed by atoms with Crippen molar-refractivity contribution in [2.45, 2.75) is 30.2 Å². The Kier molecular flexibility index (Phi) is 4.25. The van der Waals surface area contributed by atoms with Crippen LogP contribution in [0.1, 0.15) is 19.3 Å². The number of alkyl halides is 3. The topological polar surface area (TPSA) is 40.1 Å². The molecule has 0 aromatic carbocycles. The van der Waals surface area contributed by atoms with E-state index in [4.69, 9.17) is 0 Å². The average Bonchev–Trinajstić information content (AvgIpc) is 1.52. The fraction of sp³-hybridized carbons (Fsp3) is 1.00. The maximum Gasteiger partial charge on any atom is 1.00 e. The van der Waals surface area contributed by atoms with Crippen LogP contribution in [-0.4, -0.2) is 19.7 Å². The van der Waals surface area contributed by atoms with Crippen molar-refractivity contribution in [1.82, 2.24) is 0 Å². The SMILES string of the molecule is O=S([O-])C1(C(F)(F)F)CCC1.[Na+]. The number of halogens is 3. The molecule has 0 saturated heterocycles. The molecule has 1 aliphatic rings. The molecule has 1 atom stereocenters. The van der Waals surface area contributed by atoms with Crippen LogP contribution in [0.5, 0.6) is 0 Å². The van der Waals surface area contributed by atoms with E-state index in [0.29, 0.717) is 6.42 Å². The third-order valence-electron chi connectivity index (χ3n) is 2.00. The van der Waals surface area contributed by atoms with Gasteiger partial charge in [0, 0.05) is 0 Å². The number of rotatable bonds is 1. The summed E-state index contributed by atoms with van der Waals surface area (Å²) >= 11 is -3.03.